The van der Waals surface area contributed by atoms with E-state index in [0.717, 1.165) is 24.2 Å². The number of piperazine rings is 1. The fourth-order valence-electron chi connectivity index (χ4n) is 5.03. The minimum absolute atomic E-state index is 0.0735. The monoisotopic (exact) mass is 566 g/mol. The van der Waals surface area contributed by atoms with E-state index in [-0.39, 0.29) is 18.2 Å². The van der Waals surface area contributed by atoms with Gasteiger partial charge in [-0.2, -0.15) is 0 Å². The van der Waals surface area contributed by atoms with E-state index in [4.69, 9.17) is 37.7 Å². The fraction of sp³-hybridized carbons (Fsp3) is 0.333. The molecule has 0 aliphatic carbocycles. The molecule has 0 aromatic heterocycles. The first kappa shape index (κ1) is 27.3. The fourth-order valence-corrected chi connectivity index (χ4v) is 5.28. The van der Waals surface area contributed by atoms with Gasteiger partial charge >= 0.3 is 6.03 Å². The molecule has 0 bridgehead atoms. The van der Waals surface area contributed by atoms with Gasteiger partial charge < -0.3 is 19.7 Å². The van der Waals surface area contributed by atoms with Crippen molar-refractivity contribution in [1.29, 1.82) is 0 Å². The molecule has 9 heteroatoms. The average Bonchev–Trinajstić information content (AvgIpc) is 3.34. The molecule has 7 nitrogen and oxygen atoms in total. The summed E-state index contributed by atoms with van der Waals surface area (Å²) in [5.74, 6) is 1.82. The van der Waals surface area contributed by atoms with Crippen molar-refractivity contribution < 1.29 is 14.3 Å². The predicted octanol–water partition coefficient (Wildman–Crippen LogP) is 6.36. The van der Waals surface area contributed by atoms with Crippen molar-refractivity contribution in [3.63, 3.8) is 0 Å². The van der Waals surface area contributed by atoms with Gasteiger partial charge in [-0.3, -0.25) is 9.89 Å². The molecule has 0 radical (unpaired) electrons. The third-order valence-electron chi connectivity index (χ3n) is 6.87. The van der Waals surface area contributed by atoms with Crippen LogP contribution in [0.5, 0.6) is 11.5 Å². The van der Waals surface area contributed by atoms with Gasteiger partial charge in [-0.05, 0) is 67.4 Å². The van der Waals surface area contributed by atoms with Crippen LogP contribution in [0, 0.1) is 0 Å². The Kier molecular flexibility index (Phi) is 8.31. The third kappa shape index (κ3) is 5.86. The number of nitrogens with one attached hydrogen (secondary N) is 1. The first-order chi connectivity index (χ1) is 18.9. The summed E-state index contributed by atoms with van der Waals surface area (Å²) in [5, 5.41) is 4.59. The Hall–Kier alpha value is -3.26. The highest BCUT2D eigenvalue weighted by Gasteiger charge is 2.44. The molecular weight excluding hydrogens is 535 g/mol. The Labute approximate surface area is 239 Å². The zero-order valence-electron chi connectivity index (χ0n) is 22.2. The molecule has 39 heavy (non-hydrogen) atoms. The molecule has 5 rings (SSSR count). The van der Waals surface area contributed by atoms with Gasteiger partial charge in [0.1, 0.15) is 23.4 Å². The molecule has 2 atom stereocenters. The molecular formula is C30H32Cl2N4O3. The summed E-state index contributed by atoms with van der Waals surface area (Å²) < 4.78 is 11.8. The maximum Gasteiger partial charge on any atom is 0.326 e. The number of aliphatic imine (C=N–C) groups is 1. The number of amidine groups is 1. The molecule has 2 aliphatic heterocycles. The lowest BCUT2D eigenvalue weighted by atomic mass is 9.93. The number of carbonyl (C=O) groups excluding carboxylic acids is 1. The Morgan fingerprint density at radius 1 is 0.949 bits per heavy atom. The molecule has 0 saturated carbocycles. The van der Waals surface area contributed by atoms with Gasteiger partial charge in [0.05, 0.1) is 24.8 Å². The summed E-state index contributed by atoms with van der Waals surface area (Å²) >= 11 is 12.5. The van der Waals surface area contributed by atoms with Crippen LogP contribution < -0.4 is 14.8 Å². The molecule has 3 aromatic carbocycles. The molecule has 1 N–H and O–H groups in total. The minimum atomic E-state index is -0.418. The standard InChI is InChI=1S/C30H32Cl2N4O3/c1-19(2)39-26-13-12-24(38-3)18-25(26)29-34-27(20-4-8-22(31)9-5-20)28(21-6-10-23(32)11-7-21)36(29)30(37)35-16-14-33-15-17-35/h4-13,18-19,27-28,33H,14-17H2,1-3H3. The smallest absolute Gasteiger partial charge is 0.326 e. The van der Waals surface area contributed by atoms with E-state index in [1.807, 2.05) is 90.4 Å². The van der Waals surface area contributed by atoms with Gasteiger partial charge in [-0.1, -0.05) is 47.5 Å². The highest BCUT2D eigenvalue weighted by molar-refractivity contribution is 6.30. The van der Waals surface area contributed by atoms with Crippen molar-refractivity contribution in [1.82, 2.24) is 15.1 Å². The molecule has 3 aromatic rings. The quantitative estimate of drug-likeness (QED) is 0.377. The van der Waals surface area contributed by atoms with Gasteiger partial charge in [0, 0.05) is 36.2 Å². The lowest BCUT2D eigenvalue weighted by Gasteiger charge is -2.36. The number of rotatable bonds is 6. The highest BCUT2D eigenvalue weighted by Crippen LogP contribution is 2.46. The molecule has 2 unspecified atom stereocenters. The number of amides is 2. The van der Waals surface area contributed by atoms with Gasteiger partial charge in [0.2, 0.25) is 0 Å². The first-order valence-corrected chi connectivity index (χ1v) is 13.8. The van der Waals surface area contributed by atoms with Crippen LogP contribution in [-0.2, 0) is 0 Å². The van der Waals surface area contributed by atoms with E-state index in [9.17, 15) is 4.79 Å². The summed E-state index contributed by atoms with van der Waals surface area (Å²) in [7, 11) is 1.62. The molecule has 2 heterocycles. The SMILES string of the molecule is COc1ccc(OC(C)C)c(C2=NC(c3ccc(Cl)cc3)C(c3ccc(Cl)cc3)N2C(=O)N2CCNCC2)c1. The number of methoxy groups -OCH3 is 1. The Morgan fingerprint density at radius 2 is 1.56 bits per heavy atom. The third-order valence-corrected chi connectivity index (χ3v) is 7.38. The van der Waals surface area contributed by atoms with Crippen LogP contribution in [-0.4, -0.2) is 61.1 Å². The molecule has 0 spiro atoms. The number of urea groups is 1. The Balaban J connectivity index is 1.71. The predicted molar refractivity (Wildman–Crippen MR) is 155 cm³/mol. The van der Waals surface area contributed by atoms with E-state index in [1.165, 1.54) is 0 Å². The number of hydrogen-bond acceptors (Lipinski definition) is 5. The van der Waals surface area contributed by atoms with Crippen molar-refractivity contribution in [3.05, 3.63) is 93.5 Å². The first-order valence-electron chi connectivity index (χ1n) is 13.1. The summed E-state index contributed by atoms with van der Waals surface area (Å²) in [6.45, 7) is 6.63. The maximum absolute atomic E-state index is 14.4. The number of halogens is 2. The van der Waals surface area contributed by atoms with Crippen molar-refractivity contribution in [3.8, 4) is 11.5 Å². The molecule has 2 amide bonds. The second-order valence-electron chi connectivity index (χ2n) is 9.86. The number of ether oxygens (including phenoxy) is 2. The second kappa shape index (κ2) is 11.9. The number of carbonyl (C=O) groups is 1. The van der Waals surface area contributed by atoms with Crippen LogP contribution >= 0.6 is 23.2 Å². The average molecular weight is 568 g/mol. The van der Waals surface area contributed by atoms with Gasteiger partial charge in [0.15, 0.2) is 0 Å². The zero-order valence-corrected chi connectivity index (χ0v) is 23.7. The van der Waals surface area contributed by atoms with Crippen molar-refractivity contribution in [2.45, 2.75) is 32.0 Å². The Bertz CT molecular complexity index is 1340. The lowest BCUT2D eigenvalue weighted by Crippen LogP contribution is -2.53. The van der Waals surface area contributed by atoms with Gasteiger partial charge in [-0.25, -0.2) is 4.79 Å². The zero-order chi connectivity index (χ0) is 27.5. The number of hydrogen-bond donors (Lipinski definition) is 1. The van der Waals surface area contributed by atoms with Crippen LogP contribution in [0.25, 0.3) is 0 Å². The van der Waals surface area contributed by atoms with E-state index >= 15 is 0 Å². The van der Waals surface area contributed by atoms with Gasteiger partial charge in [-0.15, -0.1) is 0 Å². The van der Waals surface area contributed by atoms with Crippen LogP contribution in [0.15, 0.2) is 71.7 Å². The largest absolute Gasteiger partial charge is 0.497 e. The van der Waals surface area contributed by atoms with Crippen LogP contribution in [0.4, 0.5) is 4.79 Å². The summed E-state index contributed by atoms with van der Waals surface area (Å²) in [6.07, 6.45) is -0.0735. The van der Waals surface area contributed by atoms with Crippen molar-refractivity contribution >= 4 is 35.1 Å². The molecule has 1 saturated heterocycles. The van der Waals surface area contributed by atoms with Crippen LogP contribution in [0.2, 0.25) is 10.0 Å². The molecule has 2 aliphatic rings. The van der Waals surface area contributed by atoms with Gasteiger partial charge in [0.25, 0.3) is 0 Å². The Morgan fingerprint density at radius 3 is 2.15 bits per heavy atom. The normalized spacial score (nSPS) is 19.3. The number of benzene rings is 3. The van der Waals surface area contributed by atoms with E-state index in [2.05, 4.69) is 5.32 Å². The maximum atomic E-state index is 14.4. The topological polar surface area (TPSA) is 66.4 Å². The number of nitrogens with zero attached hydrogens (tertiary/aromatic N) is 3. The van der Waals surface area contributed by atoms with Crippen molar-refractivity contribution in [2.75, 3.05) is 33.3 Å². The van der Waals surface area contributed by atoms with Crippen LogP contribution in [0.3, 0.4) is 0 Å². The molecule has 204 valence electrons. The summed E-state index contributed by atoms with van der Waals surface area (Å²) in [5.41, 5.74) is 2.57. The van der Waals surface area contributed by atoms with Crippen molar-refractivity contribution in [2.24, 2.45) is 4.99 Å². The van der Waals surface area contributed by atoms with E-state index in [1.54, 1.807) is 7.11 Å². The summed E-state index contributed by atoms with van der Waals surface area (Å²) in [6, 6.07) is 20.0. The van der Waals surface area contributed by atoms with Crippen LogP contribution in [0.1, 0.15) is 42.6 Å². The lowest BCUT2D eigenvalue weighted by molar-refractivity contribution is 0.157. The van der Waals surface area contributed by atoms with E-state index < -0.39 is 6.04 Å². The highest BCUT2D eigenvalue weighted by atomic mass is 35.5. The van der Waals surface area contributed by atoms with E-state index in [0.29, 0.717) is 46.0 Å². The summed E-state index contributed by atoms with van der Waals surface area (Å²) in [4.78, 5) is 23.3. The second-order valence-corrected chi connectivity index (χ2v) is 10.7. The minimum Gasteiger partial charge on any atom is -0.497 e. The molecule has 1 fully saturated rings.